The molecule has 3 rings (SSSR count). The molecule has 1 amide bonds. The van der Waals surface area contributed by atoms with Crippen LogP contribution in [0.3, 0.4) is 0 Å². The summed E-state index contributed by atoms with van der Waals surface area (Å²) in [7, 11) is 0. The summed E-state index contributed by atoms with van der Waals surface area (Å²) in [5.74, 6) is 0.00872. The second kappa shape index (κ2) is 8.10. The van der Waals surface area contributed by atoms with Gasteiger partial charge >= 0.3 is 6.18 Å². The van der Waals surface area contributed by atoms with Crippen molar-refractivity contribution < 1.29 is 28.0 Å². The maximum absolute atomic E-state index is 12.6. The monoisotopic (exact) mass is 394 g/mol. The summed E-state index contributed by atoms with van der Waals surface area (Å²) in [6.45, 7) is 4.91. The van der Waals surface area contributed by atoms with Gasteiger partial charge in [0.15, 0.2) is 6.04 Å². The van der Waals surface area contributed by atoms with Gasteiger partial charge in [-0.1, -0.05) is 0 Å². The highest BCUT2D eigenvalue weighted by Crippen LogP contribution is 2.29. The first-order valence-corrected chi connectivity index (χ1v) is 9.11. The van der Waals surface area contributed by atoms with E-state index in [1.165, 1.54) is 12.1 Å². The molecule has 0 aliphatic carbocycles. The van der Waals surface area contributed by atoms with E-state index in [-0.39, 0.29) is 17.7 Å². The third-order valence-corrected chi connectivity index (χ3v) is 5.11. The molecule has 1 atom stereocenters. The number of hydrogen-bond acceptors (Lipinski definition) is 3. The molecule has 2 aromatic rings. The largest absolute Gasteiger partial charge is 0.508 e. The first kappa shape index (κ1) is 20.0. The molecule has 0 radical (unpaired) electrons. The lowest BCUT2D eigenvalue weighted by Crippen LogP contribution is -3.19. The van der Waals surface area contributed by atoms with Gasteiger partial charge in [-0.2, -0.15) is 13.2 Å². The van der Waals surface area contributed by atoms with Crippen molar-refractivity contribution in [3.63, 3.8) is 0 Å². The molecule has 0 unspecified atom stereocenters. The number of carbonyl (C=O) groups is 1. The Labute approximate surface area is 161 Å². The zero-order chi connectivity index (χ0) is 20.3. The quantitative estimate of drug-likeness (QED) is 0.745. The van der Waals surface area contributed by atoms with E-state index in [4.69, 9.17) is 0 Å². The molecular formula is C20H23F3N3O2+. The second-order valence-corrected chi connectivity index (χ2v) is 6.95. The maximum Gasteiger partial charge on any atom is 0.416 e. The normalized spacial score (nSPS) is 16.6. The Morgan fingerprint density at radius 1 is 1.07 bits per heavy atom. The lowest BCUT2D eigenvalue weighted by Gasteiger charge is -2.36. The van der Waals surface area contributed by atoms with E-state index >= 15 is 0 Å². The number of nitrogens with zero attached hydrogens (tertiary/aromatic N) is 1. The van der Waals surface area contributed by atoms with E-state index in [0.717, 1.165) is 48.9 Å². The minimum absolute atomic E-state index is 0.215. The summed E-state index contributed by atoms with van der Waals surface area (Å²) < 4.78 is 37.9. The molecule has 1 saturated heterocycles. The van der Waals surface area contributed by atoms with Crippen LogP contribution in [0.4, 0.5) is 24.5 Å². The summed E-state index contributed by atoms with van der Waals surface area (Å²) in [5, 5.41) is 12.1. The molecule has 0 aromatic heterocycles. The van der Waals surface area contributed by atoms with Crippen LogP contribution in [0, 0.1) is 0 Å². The van der Waals surface area contributed by atoms with Gasteiger partial charge in [-0.15, -0.1) is 0 Å². The Bertz CT molecular complexity index is 799. The average Bonchev–Trinajstić information content (AvgIpc) is 2.68. The van der Waals surface area contributed by atoms with E-state index in [1.54, 1.807) is 12.1 Å². The number of rotatable bonds is 4. The molecule has 1 heterocycles. The number of phenols is 1. The number of anilines is 2. The number of piperazine rings is 1. The number of benzene rings is 2. The van der Waals surface area contributed by atoms with E-state index in [2.05, 4.69) is 10.2 Å². The number of carbonyl (C=O) groups excluding carboxylic acids is 1. The molecule has 28 heavy (non-hydrogen) atoms. The Morgan fingerprint density at radius 3 is 2.18 bits per heavy atom. The maximum atomic E-state index is 12.6. The van der Waals surface area contributed by atoms with Gasteiger partial charge in [0.1, 0.15) is 5.75 Å². The number of aromatic hydroxyl groups is 1. The fraction of sp³-hybridized carbons (Fsp3) is 0.350. The van der Waals surface area contributed by atoms with Crippen LogP contribution in [-0.4, -0.2) is 43.2 Å². The Balaban J connectivity index is 1.53. The Kier molecular flexibility index (Phi) is 5.79. The summed E-state index contributed by atoms with van der Waals surface area (Å²) in [5.41, 5.74) is 0.639. The number of alkyl halides is 3. The van der Waals surface area contributed by atoms with E-state index in [9.17, 15) is 23.1 Å². The average molecular weight is 394 g/mol. The van der Waals surface area contributed by atoms with Crippen LogP contribution in [0.15, 0.2) is 48.5 Å². The highest BCUT2D eigenvalue weighted by molar-refractivity contribution is 5.93. The molecule has 0 bridgehead atoms. The van der Waals surface area contributed by atoms with Crippen LogP contribution in [0.2, 0.25) is 0 Å². The minimum Gasteiger partial charge on any atom is -0.508 e. The fourth-order valence-corrected chi connectivity index (χ4v) is 3.33. The van der Waals surface area contributed by atoms with Gasteiger partial charge in [0, 0.05) is 11.4 Å². The molecule has 3 N–H and O–H groups in total. The zero-order valence-electron chi connectivity index (χ0n) is 15.5. The number of phenolic OH excluding ortho intramolecular Hbond substituents is 1. The van der Waals surface area contributed by atoms with Crippen molar-refractivity contribution in [3.8, 4) is 5.75 Å². The molecule has 1 fully saturated rings. The third kappa shape index (κ3) is 4.75. The van der Waals surface area contributed by atoms with E-state index in [0.29, 0.717) is 5.69 Å². The highest BCUT2D eigenvalue weighted by atomic mass is 19.4. The van der Waals surface area contributed by atoms with Crippen molar-refractivity contribution >= 4 is 17.3 Å². The van der Waals surface area contributed by atoms with Crippen molar-refractivity contribution in [1.82, 2.24) is 0 Å². The van der Waals surface area contributed by atoms with Gasteiger partial charge in [0.25, 0.3) is 5.91 Å². The molecule has 8 heteroatoms. The summed E-state index contributed by atoms with van der Waals surface area (Å²) in [6.07, 6.45) is -4.39. The second-order valence-electron chi connectivity index (χ2n) is 6.95. The van der Waals surface area contributed by atoms with Crippen molar-refractivity contribution in [2.45, 2.75) is 19.1 Å². The van der Waals surface area contributed by atoms with Crippen LogP contribution >= 0.6 is 0 Å². The van der Waals surface area contributed by atoms with Crippen LogP contribution in [0.5, 0.6) is 5.75 Å². The van der Waals surface area contributed by atoms with Crippen molar-refractivity contribution in [2.75, 3.05) is 36.4 Å². The Morgan fingerprint density at radius 2 is 1.64 bits per heavy atom. The van der Waals surface area contributed by atoms with Crippen LogP contribution < -0.4 is 15.1 Å². The van der Waals surface area contributed by atoms with Crippen molar-refractivity contribution in [3.05, 3.63) is 54.1 Å². The molecule has 5 nitrogen and oxygen atoms in total. The van der Waals surface area contributed by atoms with Gasteiger partial charge in [-0.25, -0.2) is 0 Å². The topological polar surface area (TPSA) is 57.0 Å². The summed E-state index contributed by atoms with van der Waals surface area (Å²) in [4.78, 5) is 15.8. The highest BCUT2D eigenvalue weighted by Gasteiger charge is 2.31. The number of nitrogens with one attached hydrogen (secondary N) is 2. The predicted octanol–water partition coefficient (Wildman–Crippen LogP) is 2.14. The van der Waals surface area contributed by atoms with Gasteiger partial charge in [-0.3, -0.25) is 4.79 Å². The first-order valence-electron chi connectivity index (χ1n) is 9.11. The predicted molar refractivity (Wildman–Crippen MR) is 101 cm³/mol. The lowest BCUT2D eigenvalue weighted by atomic mass is 10.1. The number of quaternary nitrogens is 1. The van der Waals surface area contributed by atoms with Crippen LogP contribution in [0.25, 0.3) is 0 Å². The lowest BCUT2D eigenvalue weighted by molar-refractivity contribution is -0.914. The van der Waals surface area contributed by atoms with E-state index < -0.39 is 11.7 Å². The number of halogens is 3. The van der Waals surface area contributed by atoms with Gasteiger partial charge in [0.2, 0.25) is 0 Å². The fourth-order valence-electron chi connectivity index (χ4n) is 3.33. The SMILES string of the molecule is C[C@@H](C(=O)Nc1ccc(C(F)(F)F)cc1)[NH+]1CCN(c2ccc(O)cc2)CC1. The molecule has 2 aromatic carbocycles. The molecule has 1 aliphatic rings. The van der Waals surface area contributed by atoms with Crippen molar-refractivity contribution in [1.29, 1.82) is 0 Å². The van der Waals surface area contributed by atoms with Gasteiger partial charge in [-0.05, 0) is 55.5 Å². The molecule has 0 spiro atoms. The Hall–Kier alpha value is -2.74. The number of amides is 1. The van der Waals surface area contributed by atoms with Gasteiger partial charge < -0.3 is 20.2 Å². The molecular weight excluding hydrogens is 371 g/mol. The van der Waals surface area contributed by atoms with Crippen LogP contribution in [-0.2, 0) is 11.0 Å². The van der Waals surface area contributed by atoms with Crippen LogP contribution in [0.1, 0.15) is 12.5 Å². The van der Waals surface area contributed by atoms with Gasteiger partial charge in [0.05, 0.1) is 31.7 Å². The molecule has 150 valence electrons. The van der Waals surface area contributed by atoms with Crippen molar-refractivity contribution in [2.24, 2.45) is 0 Å². The standard InChI is InChI=1S/C20H22F3N3O2/c1-14(19(28)24-16-4-2-15(3-5-16)20(21,22)23)25-10-12-26(13-11-25)17-6-8-18(27)9-7-17/h2-9,14,27H,10-13H2,1H3,(H,24,28)/p+1/t14-/m0/s1. The molecule has 0 saturated carbocycles. The number of hydrogen-bond donors (Lipinski definition) is 3. The zero-order valence-corrected chi connectivity index (χ0v) is 15.5. The summed E-state index contributed by atoms with van der Waals surface area (Å²) >= 11 is 0. The van der Waals surface area contributed by atoms with E-state index in [1.807, 2.05) is 19.1 Å². The third-order valence-electron chi connectivity index (χ3n) is 5.11. The smallest absolute Gasteiger partial charge is 0.416 e. The minimum atomic E-state index is -4.39. The molecule has 1 aliphatic heterocycles. The summed E-state index contributed by atoms with van der Waals surface area (Å²) in [6, 6.07) is 11.2. The first-order chi connectivity index (χ1) is 13.2.